The number of barbiturate groups is 1. The summed E-state index contributed by atoms with van der Waals surface area (Å²) in [6.07, 6.45) is 2.93. The summed E-state index contributed by atoms with van der Waals surface area (Å²) in [6.45, 7) is 1.48. The number of carbonyl (C=O) groups excluding carboxylic acids is 4. The highest BCUT2D eigenvalue weighted by Crippen LogP contribution is 2.28. The van der Waals surface area contributed by atoms with Gasteiger partial charge in [-0.2, -0.15) is 0 Å². The van der Waals surface area contributed by atoms with Gasteiger partial charge in [0.15, 0.2) is 0 Å². The second-order valence-corrected chi connectivity index (χ2v) is 6.07. The van der Waals surface area contributed by atoms with Crippen LogP contribution in [0.15, 0.2) is 36.0 Å². The number of carboxylic acids is 1. The van der Waals surface area contributed by atoms with Gasteiger partial charge in [-0.1, -0.05) is 18.2 Å². The van der Waals surface area contributed by atoms with E-state index in [0.717, 1.165) is 9.80 Å². The van der Waals surface area contributed by atoms with E-state index in [9.17, 15) is 24.3 Å². The summed E-state index contributed by atoms with van der Waals surface area (Å²) >= 11 is 0. The van der Waals surface area contributed by atoms with Crippen LogP contribution in [0.4, 0.5) is 4.79 Å². The lowest BCUT2D eigenvalue weighted by Gasteiger charge is -2.28. The maximum atomic E-state index is 12.4. The Kier molecular flexibility index (Phi) is 4.11. The summed E-state index contributed by atoms with van der Waals surface area (Å²) in [6, 6.07) is 5.39. The van der Waals surface area contributed by atoms with Gasteiger partial charge in [-0.15, -0.1) is 0 Å². The number of aromatic nitrogens is 1. The van der Waals surface area contributed by atoms with Crippen LogP contribution in [0.25, 0.3) is 17.0 Å². The van der Waals surface area contributed by atoms with Gasteiger partial charge in [0.2, 0.25) is 0 Å². The zero-order valence-corrected chi connectivity index (χ0v) is 14.4. The van der Waals surface area contributed by atoms with Gasteiger partial charge in [0.05, 0.1) is 12.0 Å². The van der Waals surface area contributed by atoms with Crippen molar-refractivity contribution in [2.24, 2.45) is 0 Å². The van der Waals surface area contributed by atoms with E-state index in [0.29, 0.717) is 16.5 Å². The minimum absolute atomic E-state index is 0.168. The third-order valence-corrected chi connectivity index (χ3v) is 4.47. The molecule has 0 N–H and O–H groups in total. The largest absolute Gasteiger partial charge is 0.548 e. The number of nitrogens with zero attached hydrogens (tertiary/aromatic N) is 3. The molecule has 1 aromatic heterocycles. The lowest BCUT2D eigenvalue weighted by molar-refractivity contribution is -0.309. The van der Waals surface area contributed by atoms with Crippen LogP contribution in [0.1, 0.15) is 18.5 Å². The Labute approximate surface area is 148 Å². The van der Waals surface area contributed by atoms with Gasteiger partial charge in [0, 0.05) is 36.8 Å². The molecule has 8 nitrogen and oxygen atoms in total. The number of carbonyl (C=O) groups is 4. The van der Waals surface area contributed by atoms with Crippen molar-refractivity contribution >= 4 is 40.8 Å². The molecule has 134 valence electrons. The highest BCUT2D eigenvalue weighted by atomic mass is 16.4. The van der Waals surface area contributed by atoms with Crippen molar-refractivity contribution in [2.45, 2.75) is 13.0 Å². The number of rotatable bonds is 3. The summed E-state index contributed by atoms with van der Waals surface area (Å²) in [7, 11) is 2.59. The summed E-state index contributed by atoms with van der Waals surface area (Å²) in [4.78, 5) is 49.5. The molecule has 1 saturated heterocycles. The predicted octanol–water partition coefficient (Wildman–Crippen LogP) is 0.386. The Morgan fingerprint density at radius 2 is 1.65 bits per heavy atom. The molecular formula is C18H16N3O5-. The minimum atomic E-state index is -1.25. The second-order valence-electron chi connectivity index (χ2n) is 6.07. The van der Waals surface area contributed by atoms with Crippen molar-refractivity contribution in [1.29, 1.82) is 0 Å². The molecule has 2 aromatic rings. The molecule has 0 spiro atoms. The quantitative estimate of drug-likeness (QED) is 0.586. The molecule has 0 radical (unpaired) electrons. The van der Waals surface area contributed by atoms with E-state index in [-0.39, 0.29) is 5.57 Å². The van der Waals surface area contributed by atoms with Gasteiger partial charge in [-0.25, -0.2) is 4.79 Å². The Bertz CT molecular complexity index is 962. The van der Waals surface area contributed by atoms with E-state index in [1.165, 1.54) is 31.7 Å². The number of benzene rings is 1. The molecule has 1 atom stereocenters. The number of amides is 4. The molecule has 1 aliphatic rings. The maximum Gasteiger partial charge on any atom is 0.333 e. The van der Waals surface area contributed by atoms with E-state index >= 15 is 0 Å². The number of fused-ring (bicyclic) bond motifs is 1. The topological polar surface area (TPSA) is 103 Å². The van der Waals surface area contributed by atoms with E-state index < -0.39 is 29.9 Å². The molecule has 1 fully saturated rings. The minimum Gasteiger partial charge on any atom is -0.548 e. The highest BCUT2D eigenvalue weighted by molar-refractivity contribution is 6.31. The molecule has 0 aliphatic carbocycles. The van der Waals surface area contributed by atoms with Crippen molar-refractivity contribution in [2.75, 3.05) is 14.1 Å². The van der Waals surface area contributed by atoms with Crippen LogP contribution in [-0.4, -0.2) is 52.3 Å². The molecule has 4 amide bonds. The van der Waals surface area contributed by atoms with Crippen LogP contribution in [0, 0.1) is 0 Å². The fraction of sp³-hybridized carbons (Fsp3) is 0.222. The molecule has 3 rings (SSSR count). The Morgan fingerprint density at radius 1 is 1.08 bits per heavy atom. The van der Waals surface area contributed by atoms with E-state index in [1.807, 2.05) is 0 Å². The monoisotopic (exact) mass is 354 g/mol. The van der Waals surface area contributed by atoms with Crippen LogP contribution >= 0.6 is 0 Å². The number of likely N-dealkylation sites (N-methyl/N-ethyl adjacent to an activating group) is 2. The molecule has 1 aromatic carbocycles. The summed E-state index contributed by atoms with van der Waals surface area (Å²) in [5.41, 5.74) is 0.963. The van der Waals surface area contributed by atoms with Gasteiger partial charge in [-0.05, 0) is 19.1 Å². The fourth-order valence-electron chi connectivity index (χ4n) is 2.91. The predicted molar refractivity (Wildman–Crippen MR) is 90.6 cm³/mol. The first-order valence-electron chi connectivity index (χ1n) is 7.86. The highest BCUT2D eigenvalue weighted by Gasteiger charge is 2.37. The average molecular weight is 354 g/mol. The molecule has 1 aliphatic heterocycles. The lowest BCUT2D eigenvalue weighted by atomic mass is 10.1. The zero-order valence-electron chi connectivity index (χ0n) is 14.4. The zero-order chi connectivity index (χ0) is 19.2. The third kappa shape index (κ3) is 2.55. The Morgan fingerprint density at radius 3 is 2.23 bits per heavy atom. The van der Waals surface area contributed by atoms with Gasteiger partial charge in [0.1, 0.15) is 5.57 Å². The smallest absolute Gasteiger partial charge is 0.333 e. The first kappa shape index (κ1) is 17.4. The van der Waals surface area contributed by atoms with Crippen LogP contribution in [0.3, 0.4) is 0 Å². The number of hydrogen-bond donors (Lipinski definition) is 0. The normalized spacial score (nSPS) is 16.4. The molecule has 0 bridgehead atoms. The van der Waals surface area contributed by atoms with Gasteiger partial charge >= 0.3 is 6.03 Å². The number of aliphatic carboxylic acids is 1. The average Bonchev–Trinajstić information content (AvgIpc) is 3.00. The van der Waals surface area contributed by atoms with Gasteiger partial charge in [-0.3, -0.25) is 19.4 Å². The SMILES string of the molecule is C[C@H](C(=O)[O-])n1cc(C=C2C(=O)N(C)C(=O)N(C)C2=O)c2ccccc21. The molecule has 8 heteroatoms. The van der Waals surface area contributed by atoms with E-state index in [2.05, 4.69) is 0 Å². The van der Waals surface area contributed by atoms with Gasteiger partial charge < -0.3 is 14.5 Å². The first-order chi connectivity index (χ1) is 12.2. The number of para-hydroxylation sites is 1. The van der Waals surface area contributed by atoms with Crippen molar-refractivity contribution in [1.82, 2.24) is 14.4 Å². The number of urea groups is 1. The van der Waals surface area contributed by atoms with Crippen molar-refractivity contribution in [3.63, 3.8) is 0 Å². The third-order valence-electron chi connectivity index (χ3n) is 4.47. The summed E-state index contributed by atoms with van der Waals surface area (Å²) in [5, 5.41) is 11.9. The molecular weight excluding hydrogens is 338 g/mol. The fourth-order valence-corrected chi connectivity index (χ4v) is 2.91. The second kappa shape index (κ2) is 6.14. The van der Waals surface area contributed by atoms with E-state index in [4.69, 9.17) is 0 Å². The van der Waals surface area contributed by atoms with Crippen molar-refractivity contribution in [3.8, 4) is 0 Å². The van der Waals surface area contributed by atoms with Crippen LogP contribution in [-0.2, 0) is 14.4 Å². The molecule has 26 heavy (non-hydrogen) atoms. The van der Waals surface area contributed by atoms with Crippen molar-refractivity contribution in [3.05, 3.63) is 41.6 Å². The number of carboxylic acid groups (broad SMARTS) is 1. The van der Waals surface area contributed by atoms with Crippen LogP contribution < -0.4 is 5.11 Å². The molecule has 2 heterocycles. The maximum absolute atomic E-state index is 12.4. The van der Waals surface area contributed by atoms with Crippen LogP contribution in [0.5, 0.6) is 0 Å². The molecule has 0 unspecified atom stereocenters. The Balaban J connectivity index is 2.18. The van der Waals surface area contributed by atoms with Crippen LogP contribution in [0.2, 0.25) is 0 Å². The first-order valence-corrected chi connectivity index (χ1v) is 7.86. The number of imide groups is 2. The lowest BCUT2D eigenvalue weighted by Crippen LogP contribution is -2.52. The molecule has 0 saturated carbocycles. The van der Waals surface area contributed by atoms with E-state index in [1.54, 1.807) is 30.5 Å². The van der Waals surface area contributed by atoms with Gasteiger partial charge in [0.25, 0.3) is 11.8 Å². The summed E-state index contributed by atoms with van der Waals surface area (Å²) in [5.74, 6) is -2.66. The van der Waals surface area contributed by atoms with Crippen molar-refractivity contribution < 1.29 is 24.3 Å². The number of hydrogen-bond acceptors (Lipinski definition) is 5. The summed E-state index contributed by atoms with van der Waals surface area (Å²) < 4.78 is 1.51. The Hall–Kier alpha value is -3.42. The standard InChI is InChI=1S/C18H17N3O5/c1-10(17(24)25)21-9-11(12-6-4-5-7-14(12)21)8-13-15(22)19(2)18(26)20(3)16(13)23/h4-10H,1-3H3,(H,24,25)/p-1/t10-/m1/s1.